The number of carbonyl (C=O) groups excluding carboxylic acids is 3. The summed E-state index contributed by atoms with van der Waals surface area (Å²) in [7, 11) is 1.58. The van der Waals surface area contributed by atoms with Gasteiger partial charge in [-0.05, 0) is 49.1 Å². The number of nitrogens with zero attached hydrogens (tertiary/aromatic N) is 4. The monoisotopic (exact) mass is 548 g/mol. The fourth-order valence-corrected chi connectivity index (χ4v) is 4.54. The summed E-state index contributed by atoms with van der Waals surface area (Å²) in [6, 6.07) is 8.24. The molecule has 11 heteroatoms. The maximum absolute atomic E-state index is 13.3. The second kappa shape index (κ2) is 13.6. The van der Waals surface area contributed by atoms with Gasteiger partial charge in [0.25, 0.3) is 5.91 Å². The van der Waals surface area contributed by atoms with E-state index in [2.05, 4.69) is 20.6 Å². The summed E-state index contributed by atoms with van der Waals surface area (Å²) in [6.07, 6.45) is 7.81. The molecule has 3 amide bonds. The van der Waals surface area contributed by atoms with E-state index >= 15 is 0 Å². The van der Waals surface area contributed by atoms with Crippen LogP contribution >= 0.6 is 0 Å². The first kappa shape index (κ1) is 28.6. The number of rotatable bonds is 3. The Morgan fingerprint density at radius 3 is 2.75 bits per heavy atom. The lowest BCUT2D eigenvalue weighted by Gasteiger charge is -2.26. The maximum Gasteiger partial charge on any atom is 0.255 e. The quantitative estimate of drug-likeness (QED) is 0.515. The molecule has 2 bridgehead atoms. The molecule has 3 heterocycles. The van der Waals surface area contributed by atoms with E-state index in [-0.39, 0.29) is 37.4 Å². The number of methoxy groups -OCH3 is 1. The predicted molar refractivity (Wildman–Crippen MR) is 149 cm³/mol. The number of amides is 3. The smallest absolute Gasteiger partial charge is 0.255 e. The first-order valence-electron chi connectivity index (χ1n) is 13.5. The number of ether oxygens (including phenoxy) is 2. The minimum absolute atomic E-state index is 0.143. The van der Waals surface area contributed by atoms with Crippen LogP contribution in [0.4, 0.5) is 0 Å². The predicted octanol–water partition coefficient (Wildman–Crippen LogP) is 2.53. The molecule has 0 saturated carbocycles. The van der Waals surface area contributed by atoms with E-state index in [4.69, 9.17) is 9.47 Å². The number of hydrogen-bond donors (Lipinski definition) is 2. The molecule has 0 fully saturated rings. The molecule has 0 radical (unpaired) electrons. The third kappa shape index (κ3) is 7.16. The van der Waals surface area contributed by atoms with Gasteiger partial charge in [0.1, 0.15) is 11.9 Å². The highest BCUT2D eigenvalue weighted by Gasteiger charge is 2.26. The van der Waals surface area contributed by atoms with Crippen molar-refractivity contribution in [1.29, 1.82) is 0 Å². The van der Waals surface area contributed by atoms with Gasteiger partial charge in [0.05, 0.1) is 25.8 Å². The molecule has 1 aliphatic rings. The van der Waals surface area contributed by atoms with Crippen molar-refractivity contribution in [3.05, 3.63) is 60.7 Å². The number of imidazole rings is 1. The van der Waals surface area contributed by atoms with Crippen LogP contribution in [0.25, 0.3) is 11.4 Å². The van der Waals surface area contributed by atoms with Gasteiger partial charge < -0.3 is 29.6 Å². The summed E-state index contributed by atoms with van der Waals surface area (Å²) in [5, 5.41) is 5.76. The lowest BCUT2D eigenvalue weighted by molar-refractivity contribution is -0.130. The number of benzene rings is 1. The van der Waals surface area contributed by atoms with Crippen LogP contribution in [-0.2, 0) is 16.1 Å². The van der Waals surface area contributed by atoms with Crippen molar-refractivity contribution in [3.8, 4) is 22.9 Å². The van der Waals surface area contributed by atoms with Crippen molar-refractivity contribution >= 4 is 17.7 Å². The van der Waals surface area contributed by atoms with Crippen LogP contribution in [0.2, 0.25) is 0 Å². The zero-order chi connectivity index (χ0) is 28.5. The minimum atomic E-state index is -0.731. The van der Waals surface area contributed by atoms with Gasteiger partial charge in [0.15, 0.2) is 11.5 Å². The molecule has 1 aromatic carbocycles. The molecule has 1 aliphatic heterocycles. The summed E-state index contributed by atoms with van der Waals surface area (Å²) >= 11 is 0. The zero-order valence-electron chi connectivity index (χ0n) is 23.1. The van der Waals surface area contributed by atoms with E-state index in [1.54, 1.807) is 31.6 Å². The highest BCUT2D eigenvalue weighted by atomic mass is 16.5. The van der Waals surface area contributed by atoms with Gasteiger partial charge in [-0.15, -0.1) is 0 Å². The molecule has 0 aliphatic carbocycles. The fraction of sp³-hybridized carbons (Fsp3) is 0.414. The minimum Gasteiger partial charge on any atom is -0.493 e. The van der Waals surface area contributed by atoms with E-state index in [9.17, 15) is 14.4 Å². The molecule has 0 unspecified atom stereocenters. The summed E-state index contributed by atoms with van der Waals surface area (Å²) in [5.41, 5.74) is 1.24. The van der Waals surface area contributed by atoms with Crippen molar-refractivity contribution in [2.45, 2.75) is 39.3 Å². The summed E-state index contributed by atoms with van der Waals surface area (Å²) < 4.78 is 13.6. The Bertz CT molecular complexity index is 1310. The van der Waals surface area contributed by atoms with Crippen molar-refractivity contribution in [2.75, 3.05) is 33.4 Å². The molecule has 4 rings (SSSR count). The van der Waals surface area contributed by atoms with Crippen LogP contribution < -0.4 is 20.1 Å². The van der Waals surface area contributed by atoms with Crippen LogP contribution in [-0.4, -0.2) is 76.5 Å². The van der Waals surface area contributed by atoms with Crippen LogP contribution in [0.3, 0.4) is 0 Å². The summed E-state index contributed by atoms with van der Waals surface area (Å²) in [4.78, 5) is 49.4. The average molecular weight is 549 g/mol. The molecule has 212 valence electrons. The van der Waals surface area contributed by atoms with Crippen molar-refractivity contribution < 1.29 is 23.9 Å². The number of hydrogen-bond acceptors (Lipinski definition) is 7. The van der Waals surface area contributed by atoms with Gasteiger partial charge in [0, 0.05) is 50.0 Å². The van der Waals surface area contributed by atoms with Crippen molar-refractivity contribution in [1.82, 2.24) is 30.1 Å². The highest BCUT2D eigenvalue weighted by Crippen LogP contribution is 2.32. The zero-order valence-corrected chi connectivity index (χ0v) is 23.1. The number of aromatic nitrogens is 3. The van der Waals surface area contributed by atoms with Gasteiger partial charge in [-0.1, -0.05) is 13.8 Å². The van der Waals surface area contributed by atoms with Crippen LogP contribution in [0.1, 0.15) is 37.0 Å². The van der Waals surface area contributed by atoms with Crippen LogP contribution in [0.5, 0.6) is 11.5 Å². The number of aryl methyl sites for hydroxylation is 1. The molecule has 3 aromatic rings. The Balaban J connectivity index is 1.60. The van der Waals surface area contributed by atoms with Gasteiger partial charge in [-0.2, -0.15) is 0 Å². The SMILES string of the molecule is COc1ccc2cc1OCCCN(C(=O)c1cccnc1)CC(=O)N[C@H](C(C)C)C(=O)NCCCn1ccnc1-2. The molecule has 1 atom stereocenters. The normalized spacial score (nSPS) is 17.4. The average Bonchev–Trinajstić information content (AvgIpc) is 3.43. The number of fused-ring (bicyclic) bond motifs is 4. The van der Waals surface area contributed by atoms with Gasteiger partial charge in [-0.3, -0.25) is 19.4 Å². The van der Waals surface area contributed by atoms with E-state index in [0.29, 0.717) is 43.0 Å². The van der Waals surface area contributed by atoms with E-state index in [0.717, 1.165) is 11.4 Å². The Labute approximate surface area is 233 Å². The van der Waals surface area contributed by atoms with Crippen molar-refractivity contribution in [3.63, 3.8) is 0 Å². The van der Waals surface area contributed by atoms with Gasteiger partial charge >= 0.3 is 0 Å². The Hall–Kier alpha value is -4.41. The largest absolute Gasteiger partial charge is 0.493 e. The number of nitrogens with one attached hydrogen (secondary N) is 2. The Morgan fingerprint density at radius 2 is 2.00 bits per heavy atom. The molecule has 0 saturated heterocycles. The molecular weight excluding hydrogens is 512 g/mol. The Morgan fingerprint density at radius 1 is 1.15 bits per heavy atom. The van der Waals surface area contributed by atoms with Gasteiger partial charge in [0.2, 0.25) is 11.8 Å². The maximum atomic E-state index is 13.3. The van der Waals surface area contributed by atoms with E-state index in [1.807, 2.05) is 42.8 Å². The fourth-order valence-electron chi connectivity index (χ4n) is 4.54. The molecule has 2 N–H and O–H groups in total. The van der Waals surface area contributed by atoms with E-state index < -0.39 is 11.9 Å². The molecular formula is C29H36N6O5. The van der Waals surface area contributed by atoms with E-state index in [1.165, 1.54) is 11.1 Å². The second-order valence-corrected chi connectivity index (χ2v) is 9.91. The standard InChI is InChI=1S/C29H36N6O5/c1-20(2)26-28(37)32-11-5-13-34-15-12-31-27(34)21-8-9-23(39-3)24(17-21)40-16-6-14-35(19-25(36)33-26)29(38)22-7-4-10-30-18-22/h4,7-10,12,15,17-18,20,26H,5-6,11,13-14,16,19H2,1-3H3,(H,32,37)(H,33,36)/t26-/m1/s1. The lowest BCUT2D eigenvalue weighted by atomic mass is 10.0. The number of pyridine rings is 1. The van der Waals surface area contributed by atoms with Crippen molar-refractivity contribution in [2.24, 2.45) is 5.92 Å². The van der Waals surface area contributed by atoms with Gasteiger partial charge in [-0.25, -0.2) is 4.98 Å². The summed E-state index contributed by atoms with van der Waals surface area (Å²) in [5.74, 6) is 0.770. The third-order valence-corrected chi connectivity index (χ3v) is 6.64. The molecule has 11 nitrogen and oxygen atoms in total. The first-order valence-corrected chi connectivity index (χ1v) is 13.5. The molecule has 0 spiro atoms. The topological polar surface area (TPSA) is 128 Å². The molecule has 2 aromatic heterocycles. The highest BCUT2D eigenvalue weighted by molar-refractivity contribution is 5.97. The second-order valence-electron chi connectivity index (χ2n) is 9.91. The van der Waals surface area contributed by atoms with Crippen LogP contribution in [0.15, 0.2) is 55.1 Å². The number of carbonyl (C=O) groups is 3. The summed E-state index contributed by atoms with van der Waals surface area (Å²) in [6.45, 7) is 5.14. The lowest BCUT2D eigenvalue weighted by Crippen LogP contribution is -2.52. The first-order chi connectivity index (χ1) is 19.4. The van der Waals surface area contributed by atoms with Crippen LogP contribution in [0, 0.1) is 5.92 Å². The molecule has 40 heavy (non-hydrogen) atoms. The third-order valence-electron chi connectivity index (χ3n) is 6.64. The Kier molecular flexibility index (Phi) is 9.71.